The van der Waals surface area contributed by atoms with Crippen LogP contribution < -0.4 is 11.1 Å². The van der Waals surface area contributed by atoms with Crippen molar-refractivity contribution < 1.29 is 4.79 Å². The van der Waals surface area contributed by atoms with Crippen molar-refractivity contribution in [2.24, 2.45) is 23.5 Å². The summed E-state index contributed by atoms with van der Waals surface area (Å²) in [5.74, 6) is 2.44. The molecule has 1 amide bonds. The average molecular weight is 279 g/mol. The highest BCUT2D eigenvalue weighted by atomic mass is 16.2. The molecule has 1 aliphatic heterocycles. The van der Waals surface area contributed by atoms with E-state index in [4.69, 9.17) is 5.73 Å². The molecule has 1 saturated heterocycles. The number of nitrogens with one attached hydrogen (secondary N) is 1. The fourth-order valence-electron chi connectivity index (χ4n) is 4.41. The lowest BCUT2D eigenvalue weighted by Crippen LogP contribution is -2.43. The van der Waals surface area contributed by atoms with Crippen molar-refractivity contribution in [3.63, 3.8) is 0 Å². The Balaban J connectivity index is 1.41. The minimum atomic E-state index is 0.220. The lowest BCUT2D eigenvalue weighted by atomic mass is 9.87. The molecule has 4 nitrogen and oxygen atoms in total. The van der Waals surface area contributed by atoms with Gasteiger partial charge in [0.2, 0.25) is 5.91 Å². The predicted octanol–water partition coefficient (Wildman–Crippen LogP) is 1.35. The van der Waals surface area contributed by atoms with E-state index < -0.39 is 0 Å². The maximum absolute atomic E-state index is 12.2. The van der Waals surface area contributed by atoms with Crippen LogP contribution in [0.1, 0.15) is 45.4 Å². The van der Waals surface area contributed by atoms with Crippen LogP contribution in [0, 0.1) is 17.8 Å². The summed E-state index contributed by atoms with van der Waals surface area (Å²) in [6.45, 7) is 4.99. The second-order valence-corrected chi connectivity index (χ2v) is 7.38. The van der Waals surface area contributed by atoms with Gasteiger partial charge in [-0.3, -0.25) is 9.69 Å². The standard InChI is InChI=1S/C16H29N3O/c1-11-2-5-13(6-3-11)18-16(20)10-19-8-12-4-7-15(17)14(12)9-19/h11-15H,2-10,17H2,1H3,(H,18,20). The lowest BCUT2D eigenvalue weighted by Gasteiger charge is -2.27. The number of carbonyl (C=O) groups excluding carboxylic acids is 1. The summed E-state index contributed by atoms with van der Waals surface area (Å²) >= 11 is 0. The van der Waals surface area contributed by atoms with Gasteiger partial charge in [0.25, 0.3) is 0 Å². The van der Waals surface area contributed by atoms with Crippen LogP contribution in [-0.4, -0.2) is 42.5 Å². The van der Waals surface area contributed by atoms with E-state index in [1.165, 1.54) is 25.7 Å². The minimum Gasteiger partial charge on any atom is -0.352 e. The van der Waals surface area contributed by atoms with Gasteiger partial charge in [0, 0.05) is 25.2 Å². The van der Waals surface area contributed by atoms with Gasteiger partial charge in [-0.05, 0) is 56.3 Å². The third-order valence-electron chi connectivity index (χ3n) is 5.74. The average Bonchev–Trinajstić information content (AvgIpc) is 2.95. The smallest absolute Gasteiger partial charge is 0.234 e. The largest absolute Gasteiger partial charge is 0.352 e. The summed E-state index contributed by atoms with van der Waals surface area (Å²) < 4.78 is 0. The first-order chi connectivity index (χ1) is 9.61. The van der Waals surface area contributed by atoms with Crippen molar-refractivity contribution in [2.75, 3.05) is 19.6 Å². The quantitative estimate of drug-likeness (QED) is 0.820. The van der Waals surface area contributed by atoms with Crippen LogP contribution >= 0.6 is 0 Å². The summed E-state index contributed by atoms with van der Waals surface area (Å²) in [6.07, 6.45) is 7.26. The van der Waals surface area contributed by atoms with Crippen molar-refractivity contribution in [2.45, 2.75) is 57.5 Å². The Morgan fingerprint density at radius 3 is 2.60 bits per heavy atom. The predicted molar refractivity (Wildman–Crippen MR) is 80.2 cm³/mol. The zero-order chi connectivity index (χ0) is 14.1. The van der Waals surface area contributed by atoms with Gasteiger partial charge in [-0.1, -0.05) is 6.92 Å². The molecular formula is C16H29N3O. The number of hydrogen-bond donors (Lipinski definition) is 2. The molecule has 0 aromatic carbocycles. The van der Waals surface area contributed by atoms with Crippen LogP contribution in [0.4, 0.5) is 0 Å². The van der Waals surface area contributed by atoms with Gasteiger partial charge in [-0.25, -0.2) is 0 Å². The Bertz CT molecular complexity index is 352. The van der Waals surface area contributed by atoms with Gasteiger partial charge in [0.15, 0.2) is 0 Å². The Morgan fingerprint density at radius 2 is 1.90 bits per heavy atom. The van der Waals surface area contributed by atoms with E-state index in [9.17, 15) is 4.79 Å². The van der Waals surface area contributed by atoms with Gasteiger partial charge in [0.1, 0.15) is 0 Å². The lowest BCUT2D eigenvalue weighted by molar-refractivity contribution is -0.123. The van der Waals surface area contributed by atoms with Crippen molar-refractivity contribution in [3.8, 4) is 0 Å². The molecule has 3 rings (SSSR count). The molecule has 0 bridgehead atoms. The summed E-state index contributed by atoms with van der Waals surface area (Å²) in [5, 5.41) is 3.23. The zero-order valence-electron chi connectivity index (χ0n) is 12.7. The number of nitrogens with zero attached hydrogens (tertiary/aromatic N) is 1. The number of likely N-dealkylation sites (tertiary alicyclic amines) is 1. The Kier molecular flexibility index (Phi) is 4.32. The molecule has 2 saturated carbocycles. The first kappa shape index (κ1) is 14.3. The van der Waals surface area contributed by atoms with Crippen LogP contribution in [0.15, 0.2) is 0 Å². The molecule has 114 valence electrons. The molecular weight excluding hydrogens is 250 g/mol. The maximum Gasteiger partial charge on any atom is 0.234 e. The molecule has 0 aromatic rings. The molecule has 0 radical (unpaired) electrons. The van der Waals surface area contributed by atoms with E-state index in [1.807, 2.05) is 0 Å². The van der Waals surface area contributed by atoms with Crippen molar-refractivity contribution in [1.82, 2.24) is 10.2 Å². The van der Waals surface area contributed by atoms with Gasteiger partial charge in [-0.15, -0.1) is 0 Å². The molecule has 4 heteroatoms. The molecule has 2 aliphatic carbocycles. The van der Waals surface area contributed by atoms with Crippen LogP contribution in [0.25, 0.3) is 0 Å². The summed E-state index contributed by atoms with van der Waals surface area (Å²) in [7, 11) is 0. The highest BCUT2D eigenvalue weighted by Gasteiger charge is 2.41. The third-order valence-corrected chi connectivity index (χ3v) is 5.74. The molecule has 1 heterocycles. The van der Waals surface area contributed by atoms with E-state index >= 15 is 0 Å². The fraction of sp³-hybridized carbons (Fsp3) is 0.938. The number of hydrogen-bond acceptors (Lipinski definition) is 3. The van der Waals surface area contributed by atoms with Crippen LogP contribution in [-0.2, 0) is 4.79 Å². The number of amides is 1. The van der Waals surface area contributed by atoms with E-state index in [2.05, 4.69) is 17.1 Å². The molecule has 0 spiro atoms. The zero-order valence-corrected chi connectivity index (χ0v) is 12.7. The highest BCUT2D eigenvalue weighted by molar-refractivity contribution is 5.78. The first-order valence-corrected chi connectivity index (χ1v) is 8.39. The monoisotopic (exact) mass is 279 g/mol. The van der Waals surface area contributed by atoms with Crippen molar-refractivity contribution >= 4 is 5.91 Å². The van der Waals surface area contributed by atoms with Gasteiger partial charge in [-0.2, -0.15) is 0 Å². The fourth-order valence-corrected chi connectivity index (χ4v) is 4.41. The van der Waals surface area contributed by atoms with Crippen LogP contribution in [0.2, 0.25) is 0 Å². The third kappa shape index (κ3) is 3.17. The summed E-state index contributed by atoms with van der Waals surface area (Å²) in [4.78, 5) is 14.5. The second-order valence-electron chi connectivity index (χ2n) is 7.38. The molecule has 20 heavy (non-hydrogen) atoms. The summed E-state index contributed by atoms with van der Waals surface area (Å²) in [6, 6.07) is 0.788. The number of rotatable bonds is 3. The molecule has 3 atom stereocenters. The SMILES string of the molecule is CC1CCC(NC(=O)CN2CC3CCC(N)C3C2)CC1. The van der Waals surface area contributed by atoms with Gasteiger partial charge in [0.05, 0.1) is 6.54 Å². The van der Waals surface area contributed by atoms with Gasteiger partial charge >= 0.3 is 0 Å². The topological polar surface area (TPSA) is 58.4 Å². The van der Waals surface area contributed by atoms with E-state index in [1.54, 1.807) is 0 Å². The normalized spacial score (nSPS) is 41.6. The maximum atomic E-state index is 12.2. The minimum absolute atomic E-state index is 0.220. The molecule has 3 N–H and O–H groups in total. The number of nitrogens with two attached hydrogens (primary N) is 1. The van der Waals surface area contributed by atoms with E-state index in [-0.39, 0.29) is 5.91 Å². The summed E-state index contributed by atoms with van der Waals surface area (Å²) in [5.41, 5.74) is 6.15. The first-order valence-electron chi connectivity index (χ1n) is 8.39. The van der Waals surface area contributed by atoms with Crippen molar-refractivity contribution in [3.05, 3.63) is 0 Å². The second kappa shape index (κ2) is 6.02. The number of carbonyl (C=O) groups is 1. The Hall–Kier alpha value is -0.610. The molecule has 0 aromatic heterocycles. The van der Waals surface area contributed by atoms with Crippen LogP contribution in [0.5, 0.6) is 0 Å². The van der Waals surface area contributed by atoms with Crippen LogP contribution in [0.3, 0.4) is 0 Å². The molecule has 3 aliphatic rings. The van der Waals surface area contributed by atoms with E-state index in [0.717, 1.165) is 37.8 Å². The Labute approximate surface area is 122 Å². The van der Waals surface area contributed by atoms with Gasteiger partial charge < -0.3 is 11.1 Å². The molecule has 3 fully saturated rings. The Morgan fingerprint density at radius 1 is 1.15 bits per heavy atom. The van der Waals surface area contributed by atoms with E-state index in [0.29, 0.717) is 24.5 Å². The highest BCUT2D eigenvalue weighted by Crippen LogP contribution is 2.36. The number of fused-ring (bicyclic) bond motifs is 1. The van der Waals surface area contributed by atoms with Crippen molar-refractivity contribution in [1.29, 1.82) is 0 Å². The molecule has 3 unspecified atom stereocenters.